The van der Waals surface area contributed by atoms with Crippen molar-refractivity contribution < 1.29 is 19.4 Å². The minimum Gasteiger partial charge on any atom is -0.483 e. The molecule has 20 heavy (non-hydrogen) atoms. The smallest absolute Gasteiger partial charge is 0.339 e. The molecule has 1 saturated heterocycles. The van der Waals surface area contributed by atoms with Crippen molar-refractivity contribution in [3.05, 3.63) is 27.7 Å². The van der Waals surface area contributed by atoms with Crippen LogP contribution >= 0.6 is 15.9 Å². The average molecular weight is 342 g/mol. The SMILES string of the molecule is Cc1cc(Br)cc(C(=O)O)c1OCC(=O)N1CCCC1. The summed E-state index contributed by atoms with van der Waals surface area (Å²) in [5.74, 6) is -0.910. The van der Waals surface area contributed by atoms with Gasteiger partial charge in [-0.05, 0) is 37.5 Å². The lowest BCUT2D eigenvalue weighted by Gasteiger charge is -2.17. The van der Waals surface area contributed by atoms with E-state index in [1.807, 2.05) is 0 Å². The summed E-state index contributed by atoms with van der Waals surface area (Å²) in [4.78, 5) is 24.9. The molecule has 0 spiro atoms. The molecule has 5 nitrogen and oxygen atoms in total. The molecule has 1 aliphatic heterocycles. The Morgan fingerprint density at radius 3 is 2.60 bits per heavy atom. The third kappa shape index (κ3) is 3.30. The van der Waals surface area contributed by atoms with Gasteiger partial charge in [-0.1, -0.05) is 15.9 Å². The van der Waals surface area contributed by atoms with Crippen molar-refractivity contribution in [2.75, 3.05) is 19.7 Å². The summed E-state index contributed by atoms with van der Waals surface area (Å²) in [6, 6.07) is 3.24. The van der Waals surface area contributed by atoms with Gasteiger partial charge >= 0.3 is 5.97 Å². The Labute approximate surface area is 125 Å². The fourth-order valence-corrected chi connectivity index (χ4v) is 2.84. The summed E-state index contributed by atoms with van der Waals surface area (Å²) in [5, 5.41) is 9.20. The number of rotatable bonds is 4. The second-order valence-corrected chi connectivity index (χ2v) is 5.70. The van der Waals surface area contributed by atoms with Crippen LogP contribution in [0.5, 0.6) is 5.75 Å². The number of amides is 1. The van der Waals surface area contributed by atoms with Crippen molar-refractivity contribution >= 4 is 27.8 Å². The molecule has 1 N–H and O–H groups in total. The van der Waals surface area contributed by atoms with Crippen molar-refractivity contribution in [3.63, 3.8) is 0 Å². The molecule has 0 saturated carbocycles. The Morgan fingerprint density at radius 1 is 1.35 bits per heavy atom. The molecule has 1 heterocycles. The van der Waals surface area contributed by atoms with E-state index >= 15 is 0 Å². The number of carboxylic acid groups (broad SMARTS) is 1. The molecule has 0 bridgehead atoms. The summed E-state index contributed by atoms with van der Waals surface area (Å²) in [6.45, 7) is 3.15. The number of aryl methyl sites for hydroxylation is 1. The number of likely N-dealkylation sites (tertiary alicyclic amines) is 1. The van der Waals surface area contributed by atoms with Crippen molar-refractivity contribution in [2.24, 2.45) is 0 Å². The highest BCUT2D eigenvalue weighted by atomic mass is 79.9. The largest absolute Gasteiger partial charge is 0.483 e. The quantitative estimate of drug-likeness (QED) is 0.913. The van der Waals surface area contributed by atoms with Gasteiger partial charge in [-0.25, -0.2) is 4.79 Å². The number of benzene rings is 1. The number of carboxylic acids is 1. The highest BCUT2D eigenvalue weighted by Crippen LogP contribution is 2.28. The van der Waals surface area contributed by atoms with Gasteiger partial charge in [0.05, 0.1) is 0 Å². The zero-order valence-corrected chi connectivity index (χ0v) is 12.8. The van der Waals surface area contributed by atoms with Gasteiger partial charge in [-0.3, -0.25) is 4.79 Å². The molecule has 1 fully saturated rings. The van der Waals surface area contributed by atoms with Crippen LogP contribution in [0, 0.1) is 6.92 Å². The highest BCUT2D eigenvalue weighted by Gasteiger charge is 2.20. The van der Waals surface area contributed by atoms with E-state index in [1.54, 1.807) is 17.9 Å². The number of ether oxygens (including phenoxy) is 1. The highest BCUT2D eigenvalue weighted by molar-refractivity contribution is 9.10. The van der Waals surface area contributed by atoms with Gasteiger partial charge in [0.15, 0.2) is 6.61 Å². The third-order valence-electron chi connectivity index (χ3n) is 3.27. The molecule has 2 rings (SSSR count). The van der Waals surface area contributed by atoms with E-state index in [9.17, 15) is 14.7 Å². The van der Waals surface area contributed by atoms with Crippen molar-refractivity contribution in [1.29, 1.82) is 0 Å². The average Bonchev–Trinajstić information content (AvgIpc) is 2.90. The molecule has 6 heteroatoms. The second-order valence-electron chi connectivity index (χ2n) is 4.78. The van der Waals surface area contributed by atoms with Gasteiger partial charge in [0, 0.05) is 17.6 Å². The number of aromatic carboxylic acids is 1. The molecular formula is C14H16BrNO4. The van der Waals surface area contributed by atoms with Gasteiger partial charge in [0.2, 0.25) is 0 Å². The number of carbonyl (C=O) groups excluding carboxylic acids is 1. The van der Waals surface area contributed by atoms with Crippen LogP contribution in [0.2, 0.25) is 0 Å². The molecule has 1 aromatic carbocycles. The van der Waals surface area contributed by atoms with Crippen molar-refractivity contribution in [2.45, 2.75) is 19.8 Å². The van der Waals surface area contributed by atoms with Gasteiger partial charge < -0.3 is 14.7 Å². The lowest BCUT2D eigenvalue weighted by Crippen LogP contribution is -2.32. The maximum absolute atomic E-state index is 11.9. The van der Waals surface area contributed by atoms with Crippen LogP contribution < -0.4 is 4.74 Å². The number of hydrogen-bond donors (Lipinski definition) is 1. The first-order chi connectivity index (χ1) is 9.49. The molecule has 0 radical (unpaired) electrons. The van der Waals surface area contributed by atoms with Gasteiger partial charge in [0.25, 0.3) is 5.91 Å². The van der Waals surface area contributed by atoms with E-state index in [0.29, 0.717) is 10.0 Å². The van der Waals surface area contributed by atoms with Gasteiger partial charge in [0.1, 0.15) is 11.3 Å². The summed E-state index contributed by atoms with van der Waals surface area (Å²) in [6.07, 6.45) is 2.03. The molecule has 1 aromatic rings. The first-order valence-corrected chi connectivity index (χ1v) is 7.22. The van der Waals surface area contributed by atoms with E-state index in [0.717, 1.165) is 25.9 Å². The molecule has 108 valence electrons. The normalized spacial score (nSPS) is 14.4. The Morgan fingerprint density at radius 2 is 2.00 bits per heavy atom. The number of carbonyl (C=O) groups is 2. The lowest BCUT2D eigenvalue weighted by molar-refractivity contribution is -0.132. The molecule has 0 unspecified atom stereocenters. The molecule has 0 atom stereocenters. The number of halogens is 1. The molecule has 0 aliphatic carbocycles. The lowest BCUT2D eigenvalue weighted by atomic mass is 10.1. The molecule has 1 aliphatic rings. The van der Waals surface area contributed by atoms with Crippen LogP contribution in [0.3, 0.4) is 0 Å². The number of hydrogen-bond acceptors (Lipinski definition) is 3. The van der Waals surface area contributed by atoms with Crippen LogP contribution in [-0.4, -0.2) is 41.6 Å². The standard InChI is InChI=1S/C14H16BrNO4/c1-9-6-10(15)7-11(14(18)19)13(9)20-8-12(17)16-4-2-3-5-16/h6-7H,2-5,8H2,1H3,(H,18,19). The summed E-state index contributed by atoms with van der Waals surface area (Å²) < 4.78 is 6.14. The van der Waals surface area contributed by atoms with E-state index in [-0.39, 0.29) is 23.8 Å². The maximum Gasteiger partial charge on any atom is 0.339 e. The van der Waals surface area contributed by atoms with E-state index < -0.39 is 5.97 Å². The van der Waals surface area contributed by atoms with Crippen LogP contribution in [-0.2, 0) is 4.79 Å². The van der Waals surface area contributed by atoms with Gasteiger partial charge in [-0.15, -0.1) is 0 Å². The van der Waals surface area contributed by atoms with Gasteiger partial charge in [-0.2, -0.15) is 0 Å². The number of nitrogens with zero attached hydrogens (tertiary/aromatic N) is 1. The van der Waals surface area contributed by atoms with E-state index in [2.05, 4.69) is 15.9 Å². The first-order valence-electron chi connectivity index (χ1n) is 6.43. The van der Waals surface area contributed by atoms with Crippen molar-refractivity contribution in [3.8, 4) is 5.75 Å². The van der Waals surface area contributed by atoms with Crippen LogP contribution in [0.1, 0.15) is 28.8 Å². The summed E-state index contributed by atoms with van der Waals surface area (Å²) >= 11 is 3.26. The minimum atomic E-state index is -1.07. The third-order valence-corrected chi connectivity index (χ3v) is 3.73. The fraction of sp³-hybridized carbons (Fsp3) is 0.429. The summed E-state index contributed by atoms with van der Waals surface area (Å²) in [5.41, 5.74) is 0.747. The Bertz CT molecular complexity index is 538. The Balaban J connectivity index is 2.12. The van der Waals surface area contributed by atoms with Crippen molar-refractivity contribution in [1.82, 2.24) is 4.90 Å². The predicted octanol–water partition coefficient (Wildman–Crippen LogP) is 2.46. The van der Waals surface area contributed by atoms with E-state index in [1.165, 1.54) is 6.07 Å². The Kier molecular flexibility index (Phi) is 4.65. The monoisotopic (exact) mass is 341 g/mol. The van der Waals surface area contributed by atoms with Crippen LogP contribution in [0.25, 0.3) is 0 Å². The first kappa shape index (κ1) is 14.8. The fourth-order valence-electron chi connectivity index (χ4n) is 2.27. The molecule has 1 amide bonds. The van der Waals surface area contributed by atoms with E-state index in [4.69, 9.17) is 4.74 Å². The molecule has 0 aromatic heterocycles. The zero-order valence-electron chi connectivity index (χ0n) is 11.2. The topological polar surface area (TPSA) is 66.8 Å². The van der Waals surface area contributed by atoms with Crippen LogP contribution in [0.15, 0.2) is 16.6 Å². The predicted molar refractivity (Wildman–Crippen MR) is 77.1 cm³/mol. The van der Waals surface area contributed by atoms with Crippen LogP contribution in [0.4, 0.5) is 0 Å². The minimum absolute atomic E-state index is 0.0612. The molecular weight excluding hydrogens is 326 g/mol. The maximum atomic E-state index is 11.9. The zero-order chi connectivity index (χ0) is 14.7. The second kappa shape index (κ2) is 6.26. The Hall–Kier alpha value is -1.56. The summed E-state index contributed by atoms with van der Waals surface area (Å²) in [7, 11) is 0.